The van der Waals surface area contributed by atoms with Crippen LogP contribution in [0.2, 0.25) is 0 Å². The summed E-state index contributed by atoms with van der Waals surface area (Å²) in [4.78, 5) is 23.7. The minimum absolute atomic E-state index is 0.378. The van der Waals surface area contributed by atoms with Crippen molar-refractivity contribution in [2.24, 2.45) is 0 Å². The van der Waals surface area contributed by atoms with Gasteiger partial charge in [-0.2, -0.15) is 4.73 Å². The van der Waals surface area contributed by atoms with Gasteiger partial charge in [-0.25, -0.2) is 4.79 Å². The Kier molecular flexibility index (Phi) is 5.37. The summed E-state index contributed by atoms with van der Waals surface area (Å²) in [5.74, 6) is -0.487. The first-order chi connectivity index (χ1) is 10.6. The predicted octanol–water partition coefficient (Wildman–Crippen LogP) is 1.61. The zero-order chi connectivity index (χ0) is 15.9. The number of urea groups is 1. The van der Waals surface area contributed by atoms with Crippen LogP contribution in [0.4, 0.5) is 4.79 Å². The zero-order valence-corrected chi connectivity index (χ0v) is 12.7. The fraction of sp³-hybridized carbons (Fsp3) is 0.133. The van der Waals surface area contributed by atoms with Gasteiger partial charge in [0.25, 0.3) is 5.03 Å². The number of carbonyl (C=O) groups excluding carboxylic acids is 2. The monoisotopic (exact) mass is 317 g/mol. The molecule has 0 saturated carbocycles. The van der Waals surface area contributed by atoms with Crippen LogP contribution in [-0.2, 0) is 4.79 Å². The molecule has 114 valence electrons. The van der Waals surface area contributed by atoms with Crippen LogP contribution in [0.3, 0.4) is 0 Å². The molecule has 7 heteroatoms. The van der Waals surface area contributed by atoms with Crippen molar-refractivity contribution in [3.63, 3.8) is 0 Å². The molecule has 3 amide bonds. The fourth-order valence-electron chi connectivity index (χ4n) is 1.77. The molecule has 0 aliphatic carbocycles. The van der Waals surface area contributed by atoms with Gasteiger partial charge in [-0.1, -0.05) is 30.3 Å². The van der Waals surface area contributed by atoms with Crippen molar-refractivity contribution in [3.05, 3.63) is 65.5 Å². The number of rotatable bonds is 4. The Bertz CT molecular complexity index is 664. The van der Waals surface area contributed by atoms with Crippen LogP contribution in [0.15, 0.2) is 59.8 Å². The molecule has 0 spiro atoms. The Morgan fingerprint density at radius 1 is 1.14 bits per heavy atom. The summed E-state index contributed by atoms with van der Waals surface area (Å²) in [5.41, 5.74) is 0.706. The Labute approximate surface area is 132 Å². The predicted molar refractivity (Wildman–Crippen MR) is 83.0 cm³/mol. The summed E-state index contributed by atoms with van der Waals surface area (Å²) in [6.45, 7) is 0. The van der Waals surface area contributed by atoms with Crippen molar-refractivity contribution < 1.29 is 14.3 Å². The average molecular weight is 317 g/mol. The lowest BCUT2D eigenvalue weighted by Crippen LogP contribution is -2.40. The van der Waals surface area contributed by atoms with Gasteiger partial charge in [-0.05, 0) is 23.4 Å². The molecule has 0 radical (unpaired) electrons. The molecule has 1 aromatic heterocycles. The van der Waals surface area contributed by atoms with Gasteiger partial charge < -0.3 is 10.5 Å². The smallest absolute Gasteiger partial charge is 0.321 e. The lowest BCUT2D eigenvalue weighted by Gasteiger charge is -2.15. The van der Waals surface area contributed by atoms with E-state index in [1.165, 1.54) is 13.2 Å². The first kappa shape index (κ1) is 15.8. The highest BCUT2D eigenvalue weighted by Gasteiger charge is 2.26. The molecular weight excluding hydrogens is 302 g/mol. The summed E-state index contributed by atoms with van der Waals surface area (Å²) in [6.07, 6.45) is 1.36. The lowest BCUT2D eigenvalue weighted by atomic mass is 10.1. The second kappa shape index (κ2) is 7.46. The standard InChI is InChI=1S/C15H15N3O3S/c1-16-15(20)17-14(19)13(11-7-3-2-4-8-11)22-12-9-5-6-10-18(12)21/h2-10,13H,1H3,(H2,16,17,19,20)/t13-/m0/s1. The van der Waals surface area contributed by atoms with Crippen molar-refractivity contribution in [3.8, 4) is 0 Å². The van der Waals surface area contributed by atoms with Gasteiger partial charge in [-0.15, -0.1) is 0 Å². The van der Waals surface area contributed by atoms with Crippen LogP contribution in [0.25, 0.3) is 0 Å². The largest absolute Gasteiger partial charge is 0.618 e. The highest BCUT2D eigenvalue weighted by atomic mass is 32.2. The Morgan fingerprint density at radius 3 is 2.45 bits per heavy atom. The quantitative estimate of drug-likeness (QED) is 0.510. The number of aromatic nitrogens is 1. The minimum atomic E-state index is -0.707. The van der Waals surface area contributed by atoms with Crippen LogP contribution < -0.4 is 15.4 Å². The van der Waals surface area contributed by atoms with Gasteiger partial charge >= 0.3 is 6.03 Å². The number of thioether (sulfide) groups is 1. The van der Waals surface area contributed by atoms with Gasteiger partial charge in [0.15, 0.2) is 6.20 Å². The number of imide groups is 1. The molecule has 0 bridgehead atoms. The second-order valence-corrected chi connectivity index (χ2v) is 5.47. The van der Waals surface area contributed by atoms with Gasteiger partial charge in [0.05, 0.1) is 0 Å². The molecule has 0 aliphatic rings. The molecule has 1 aromatic carbocycles. The minimum Gasteiger partial charge on any atom is -0.618 e. The lowest BCUT2D eigenvalue weighted by molar-refractivity contribution is -0.645. The maximum atomic E-state index is 12.3. The molecule has 2 aromatic rings. The fourth-order valence-corrected chi connectivity index (χ4v) is 2.79. The van der Waals surface area contributed by atoms with E-state index < -0.39 is 17.2 Å². The van der Waals surface area contributed by atoms with Crippen molar-refractivity contribution in [2.45, 2.75) is 10.3 Å². The molecular formula is C15H15N3O3S. The zero-order valence-electron chi connectivity index (χ0n) is 11.9. The van der Waals surface area contributed by atoms with Crippen LogP contribution in [0.1, 0.15) is 10.8 Å². The van der Waals surface area contributed by atoms with Gasteiger partial charge in [-0.3, -0.25) is 10.1 Å². The number of carbonyl (C=O) groups is 2. The number of hydrogen-bond donors (Lipinski definition) is 2. The van der Waals surface area contributed by atoms with Crippen LogP contribution >= 0.6 is 11.8 Å². The van der Waals surface area contributed by atoms with E-state index in [4.69, 9.17) is 0 Å². The van der Waals surface area contributed by atoms with Crippen LogP contribution in [-0.4, -0.2) is 19.0 Å². The van der Waals surface area contributed by atoms with E-state index in [1.54, 1.807) is 42.5 Å². The van der Waals surface area contributed by atoms with E-state index >= 15 is 0 Å². The van der Waals surface area contributed by atoms with Gasteiger partial charge in [0.1, 0.15) is 5.25 Å². The van der Waals surface area contributed by atoms with Crippen LogP contribution in [0.5, 0.6) is 0 Å². The number of hydrogen-bond acceptors (Lipinski definition) is 4. The third-order valence-electron chi connectivity index (χ3n) is 2.83. The second-order valence-electron chi connectivity index (χ2n) is 4.34. The first-order valence-corrected chi connectivity index (χ1v) is 7.42. The first-order valence-electron chi connectivity index (χ1n) is 6.54. The van der Waals surface area contributed by atoms with Crippen molar-refractivity contribution >= 4 is 23.7 Å². The molecule has 6 nitrogen and oxygen atoms in total. The molecule has 2 N–H and O–H groups in total. The van der Waals surface area contributed by atoms with Crippen molar-refractivity contribution in [1.82, 2.24) is 10.6 Å². The number of nitrogens with one attached hydrogen (secondary N) is 2. The summed E-state index contributed by atoms with van der Waals surface area (Å²) >= 11 is 1.09. The maximum Gasteiger partial charge on any atom is 0.321 e. The molecule has 0 unspecified atom stereocenters. The summed E-state index contributed by atoms with van der Waals surface area (Å²) in [6, 6.07) is 13.3. The van der Waals surface area contributed by atoms with E-state index in [1.807, 2.05) is 6.07 Å². The summed E-state index contributed by atoms with van der Waals surface area (Å²) in [5, 5.41) is 16.0. The topological polar surface area (TPSA) is 85.1 Å². The highest BCUT2D eigenvalue weighted by molar-refractivity contribution is 8.00. The van der Waals surface area contributed by atoms with E-state index in [0.717, 1.165) is 11.8 Å². The van der Waals surface area contributed by atoms with Crippen molar-refractivity contribution in [2.75, 3.05) is 7.05 Å². The SMILES string of the molecule is CNC(=O)NC(=O)[C@@H](Sc1cccc[n+]1[O-])c1ccccc1. The summed E-state index contributed by atoms with van der Waals surface area (Å²) < 4.78 is 0.688. The summed E-state index contributed by atoms with van der Waals surface area (Å²) in [7, 11) is 1.43. The third kappa shape index (κ3) is 3.98. The number of nitrogens with zero attached hydrogens (tertiary/aromatic N) is 1. The Balaban J connectivity index is 2.28. The average Bonchev–Trinajstić information content (AvgIpc) is 2.54. The Morgan fingerprint density at radius 2 is 1.82 bits per heavy atom. The van der Waals surface area contributed by atoms with Crippen LogP contribution in [0, 0.1) is 5.21 Å². The Hall–Kier alpha value is -2.54. The van der Waals surface area contributed by atoms with E-state index in [2.05, 4.69) is 10.6 Å². The normalized spacial score (nSPS) is 11.5. The molecule has 22 heavy (non-hydrogen) atoms. The van der Waals surface area contributed by atoms with E-state index in [-0.39, 0.29) is 0 Å². The number of amides is 3. The third-order valence-corrected chi connectivity index (χ3v) is 4.11. The molecule has 1 heterocycles. The molecule has 1 atom stereocenters. The van der Waals surface area contributed by atoms with Crippen molar-refractivity contribution in [1.29, 1.82) is 0 Å². The van der Waals surface area contributed by atoms with Gasteiger partial charge in [0, 0.05) is 19.2 Å². The molecule has 0 fully saturated rings. The molecule has 2 rings (SSSR count). The molecule has 0 aliphatic heterocycles. The number of pyridine rings is 1. The van der Waals surface area contributed by atoms with Gasteiger partial charge in [0.2, 0.25) is 5.91 Å². The van der Waals surface area contributed by atoms with E-state index in [9.17, 15) is 14.8 Å². The maximum absolute atomic E-state index is 12.3. The molecule has 0 saturated heterocycles. The van der Waals surface area contributed by atoms with E-state index in [0.29, 0.717) is 15.3 Å². The highest BCUT2D eigenvalue weighted by Crippen LogP contribution is 2.33. The number of benzene rings is 1.